The van der Waals surface area contributed by atoms with Gasteiger partial charge in [0.2, 0.25) is 0 Å². The second-order valence-electron chi connectivity index (χ2n) is 4.25. The molecule has 1 aromatic carbocycles. The van der Waals surface area contributed by atoms with Crippen LogP contribution in [0.2, 0.25) is 0 Å². The molecule has 1 heterocycles. The predicted molar refractivity (Wildman–Crippen MR) is 80.5 cm³/mol. The number of hydrogen-bond acceptors (Lipinski definition) is 3. The summed E-state index contributed by atoms with van der Waals surface area (Å²) in [4.78, 5) is 4.06. The average Bonchev–Trinajstić information content (AvgIpc) is 2.42. The lowest BCUT2D eigenvalue weighted by Crippen LogP contribution is -2.18. The van der Waals surface area contributed by atoms with Gasteiger partial charge in [-0.3, -0.25) is 4.98 Å². The largest absolute Gasteiger partial charge is 0.455 e. The molecule has 4 heteroatoms. The minimum atomic E-state index is 0.231. The molecule has 0 bridgehead atoms. The molecule has 1 unspecified atom stereocenters. The Balaban J connectivity index is 2.29. The maximum Gasteiger partial charge on any atom is 0.145 e. The van der Waals surface area contributed by atoms with Crippen molar-refractivity contribution in [1.29, 1.82) is 0 Å². The summed E-state index contributed by atoms with van der Waals surface area (Å²) < 4.78 is 6.96. The van der Waals surface area contributed by atoms with Gasteiger partial charge in [-0.25, -0.2) is 0 Å². The summed E-state index contributed by atoms with van der Waals surface area (Å²) in [5.74, 6) is 1.60. The van der Waals surface area contributed by atoms with Crippen LogP contribution in [0.15, 0.2) is 47.2 Å². The van der Waals surface area contributed by atoms with Crippen molar-refractivity contribution in [3.63, 3.8) is 0 Å². The zero-order chi connectivity index (χ0) is 13.7. The SMILES string of the molecule is CCNC(C)c1cc(Br)ccc1Oc1cccnc1. The van der Waals surface area contributed by atoms with Crippen LogP contribution in [0.25, 0.3) is 0 Å². The second-order valence-corrected chi connectivity index (χ2v) is 5.17. The summed E-state index contributed by atoms with van der Waals surface area (Å²) in [6, 6.07) is 10.0. The molecule has 2 aromatic rings. The molecule has 0 spiro atoms. The third-order valence-corrected chi connectivity index (χ3v) is 3.30. The van der Waals surface area contributed by atoms with Gasteiger partial charge >= 0.3 is 0 Å². The summed E-state index contributed by atoms with van der Waals surface area (Å²) in [7, 11) is 0. The minimum absolute atomic E-state index is 0.231. The van der Waals surface area contributed by atoms with Crippen LogP contribution in [0.3, 0.4) is 0 Å². The van der Waals surface area contributed by atoms with Crippen LogP contribution >= 0.6 is 15.9 Å². The molecule has 3 nitrogen and oxygen atoms in total. The van der Waals surface area contributed by atoms with Crippen LogP contribution < -0.4 is 10.1 Å². The van der Waals surface area contributed by atoms with Gasteiger partial charge in [-0.15, -0.1) is 0 Å². The molecule has 1 atom stereocenters. The fourth-order valence-electron chi connectivity index (χ4n) is 1.90. The smallest absolute Gasteiger partial charge is 0.145 e. The van der Waals surface area contributed by atoms with Crippen LogP contribution in [0, 0.1) is 0 Å². The molecule has 0 fully saturated rings. The number of ether oxygens (including phenoxy) is 1. The van der Waals surface area contributed by atoms with Gasteiger partial charge in [0, 0.05) is 22.3 Å². The van der Waals surface area contributed by atoms with E-state index in [-0.39, 0.29) is 6.04 Å². The molecule has 0 aliphatic rings. The van der Waals surface area contributed by atoms with Crippen molar-refractivity contribution < 1.29 is 4.74 Å². The first-order valence-corrected chi connectivity index (χ1v) is 7.10. The zero-order valence-electron chi connectivity index (χ0n) is 11.1. The van der Waals surface area contributed by atoms with E-state index in [4.69, 9.17) is 4.74 Å². The third kappa shape index (κ3) is 3.78. The van der Waals surface area contributed by atoms with Crippen LogP contribution in [0.4, 0.5) is 0 Å². The predicted octanol–water partition coefficient (Wildman–Crippen LogP) is 4.31. The molecular formula is C15H17BrN2O. The first-order chi connectivity index (χ1) is 9.20. The number of benzene rings is 1. The number of aromatic nitrogens is 1. The van der Waals surface area contributed by atoms with Crippen LogP contribution in [-0.4, -0.2) is 11.5 Å². The summed E-state index contributed by atoms with van der Waals surface area (Å²) in [5.41, 5.74) is 1.13. The highest BCUT2D eigenvalue weighted by Gasteiger charge is 2.12. The first kappa shape index (κ1) is 14.0. The van der Waals surface area contributed by atoms with E-state index >= 15 is 0 Å². The van der Waals surface area contributed by atoms with Gasteiger partial charge in [0.15, 0.2) is 0 Å². The summed E-state index contributed by atoms with van der Waals surface area (Å²) in [6.07, 6.45) is 3.44. The number of pyridine rings is 1. The van der Waals surface area contributed by atoms with Gasteiger partial charge in [0.05, 0.1) is 6.20 Å². The van der Waals surface area contributed by atoms with Crippen LogP contribution in [0.1, 0.15) is 25.5 Å². The number of rotatable bonds is 5. The highest BCUT2D eigenvalue weighted by Crippen LogP contribution is 2.31. The Morgan fingerprint density at radius 3 is 2.89 bits per heavy atom. The number of hydrogen-bond donors (Lipinski definition) is 1. The standard InChI is InChI=1S/C15H17BrN2O/c1-3-18-11(2)14-9-12(16)6-7-15(14)19-13-5-4-8-17-10-13/h4-11,18H,3H2,1-2H3. The molecule has 19 heavy (non-hydrogen) atoms. The van der Waals surface area contributed by atoms with Gasteiger partial charge in [-0.1, -0.05) is 22.9 Å². The summed E-state index contributed by atoms with van der Waals surface area (Å²) in [5, 5.41) is 3.40. The molecule has 0 radical (unpaired) electrons. The van der Waals surface area contributed by atoms with E-state index in [9.17, 15) is 0 Å². The molecule has 100 valence electrons. The Morgan fingerprint density at radius 1 is 1.37 bits per heavy atom. The minimum Gasteiger partial charge on any atom is -0.455 e. The van der Waals surface area contributed by atoms with Gasteiger partial charge < -0.3 is 10.1 Å². The van der Waals surface area contributed by atoms with Crippen LogP contribution in [-0.2, 0) is 0 Å². The van der Waals surface area contributed by atoms with Crippen molar-refractivity contribution in [2.24, 2.45) is 0 Å². The Labute approximate surface area is 122 Å². The van der Waals surface area contributed by atoms with Gasteiger partial charge in [0.1, 0.15) is 11.5 Å². The highest BCUT2D eigenvalue weighted by atomic mass is 79.9. The third-order valence-electron chi connectivity index (χ3n) is 2.81. The Kier molecular flexibility index (Phi) is 4.93. The van der Waals surface area contributed by atoms with E-state index in [0.29, 0.717) is 0 Å². The first-order valence-electron chi connectivity index (χ1n) is 6.31. The number of halogens is 1. The molecule has 0 amide bonds. The molecular weight excluding hydrogens is 304 g/mol. The zero-order valence-corrected chi connectivity index (χ0v) is 12.6. The van der Waals surface area contributed by atoms with Crippen molar-refractivity contribution in [2.75, 3.05) is 6.54 Å². The Bertz CT molecular complexity index is 531. The Hall–Kier alpha value is -1.39. The van der Waals surface area contributed by atoms with E-state index < -0.39 is 0 Å². The van der Waals surface area contributed by atoms with Crippen molar-refractivity contribution in [3.8, 4) is 11.5 Å². The molecule has 0 aliphatic heterocycles. The number of nitrogens with one attached hydrogen (secondary N) is 1. The van der Waals surface area contributed by atoms with Crippen molar-refractivity contribution in [1.82, 2.24) is 10.3 Å². The molecule has 0 aliphatic carbocycles. The average molecular weight is 321 g/mol. The lowest BCUT2D eigenvalue weighted by molar-refractivity contribution is 0.461. The Morgan fingerprint density at radius 2 is 2.21 bits per heavy atom. The van der Waals surface area contributed by atoms with Crippen molar-refractivity contribution >= 4 is 15.9 Å². The highest BCUT2D eigenvalue weighted by molar-refractivity contribution is 9.10. The molecule has 2 rings (SSSR count). The lowest BCUT2D eigenvalue weighted by atomic mass is 10.1. The van der Waals surface area contributed by atoms with Gasteiger partial charge in [-0.2, -0.15) is 0 Å². The van der Waals surface area contributed by atoms with E-state index in [1.807, 2.05) is 24.3 Å². The fraction of sp³-hybridized carbons (Fsp3) is 0.267. The molecule has 1 aromatic heterocycles. The maximum absolute atomic E-state index is 5.91. The fourth-order valence-corrected chi connectivity index (χ4v) is 2.28. The van der Waals surface area contributed by atoms with Crippen molar-refractivity contribution in [3.05, 3.63) is 52.8 Å². The molecule has 0 saturated heterocycles. The topological polar surface area (TPSA) is 34.1 Å². The van der Waals surface area contributed by atoms with Crippen LogP contribution in [0.5, 0.6) is 11.5 Å². The second kappa shape index (κ2) is 6.68. The normalized spacial score (nSPS) is 12.2. The lowest BCUT2D eigenvalue weighted by Gasteiger charge is -2.17. The van der Waals surface area contributed by atoms with Gasteiger partial charge in [0.25, 0.3) is 0 Å². The van der Waals surface area contributed by atoms with E-state index in [1.54, 1.807) is 12.4 Å². The maximum atomic E-state index is 5.91. The van der Waals surface area contributed by atoms with Gasteiger partial charge in [-0.05, 0) is 43.8 Å². The van der Waals surface area contributed by atoms with Crippen molar-refractivity contribution in [2.45, 2.75) is 19.9 Å². The van der Waals surface area contributed by atoms with E-state index in [0.717, 1.165) is 28.1 Å². The summed E-state index contributed by atoms with van der Waals surface area (Å²) in [6.45, 7) is 5.14. The van der Waals surface area contributed by atoms with E-state index in [1.165, 1.54) is 0 Å². The monoisotopic (exact) mass is 320 g/mol. The molecule has 0 saturated carbocycles. The molecule has 1 N–H and O–H groups in total. The quantitative estimate of drug-likeness (QED) is 0.891. The number of nitrogens with zero attached hydrogens (tertiary/aromatic N) is 1. The summed E-state index contributed by atoms with van der Waals surface area (Å²) >= 11 is 3.51. The van der Waals surface area contributed by atoms with E-state index in [2.05, 4.69) is 46.1 Å².